The molecule has 2 aromatic carbocycles. The van der Waals surface area contributed by atoms with Gasteiger partial charge in [0.2, 0.25) is 0 Å². The summed E-state index contributed by atoms with van der Waals surface area (Å²) in [6, 6.07) is 12.7. The molecule has 2 amide bonds. The fraction of sp³-hybridized carbons (Fsp3) is 0.364. The van der Waals surface area contributed by atoms with E-state index in [1.807, 2.05) is 0 Å². The molecule has 0 unspecified atom stereocenters. The van der Waals surface area contributed by atoms with Gasteiger partial charge in [0, 0.05) is 25.9 Å². The molecule has 158 valence electrons. The zero-order valence-corrected chi connectivity index (χ0v) is 16.4. The molecule has 0 aliphatic carbocycles. The van der Waals surface area contributed by atoms with E-state index in [0.717, 1.165) is 0 Å². The number of rotatable bonds is 5. The third-order valence-corrected chi connectivity index (χ3v) is 5.25. The molecule has 0 bridgehead atoms. The number of benzene rings is 2. The lowest BCUT2D eigenvalue weighted by atomic mass is 10.0. The summed E-state index contributed by atoms with van der Waals surface area (Å²) in [4.78, 5) is 26.9. The number of halogens is 1. The Morgan fingerprint density at radius 3 is 2.43 bits per heavy atom. The number of hydrogen-bond donors (Lipinski definition) is 1. The van der Waals surface area contributed by atoms with Gasteiger partial charge in [-0.05, 0) is 24.3 Å². The first-order valence-corrected chi connectivity index (χ1v) is 9.90. The third kappa shape index (κ3) is 4.44. The molecule has 0 saturated carbocycles. The second-order valence-electron chi connectivity index (χ2n) is 7.21. The van der Waals surface area contributed by atoms with Crippen molar-refractivity contribution in [2.24, 2.45) is 0 Å². The summed E-state index contributed by atoms with van der Waals surface area (Å²) in [6.07, 6.45) is 1.24. The topological polar surface area (TPSA) is 77.1 Å². The second kappa shape index (κ2) is 8.81. The van der Waals surface area contributed by atoms with Gasteiger partial charge in [-0.3, -0.25) is 9.59 Å². The second-order valence-corrected chi connectivity index (χ2v) is 7.21. The molecule has 4 rings (SSSR count). The maximum atomic E-state index is 13.7. The van der Waals surface area contributed by atoms with Crippen LogP contribution in [0.1, 0.15) is 23.2 Å². The van der Waals surface area contributed by atoms with Crippen molar-refractivity contribution in [1.29, 1.82) is 0 Å². The maximum Gasteiger partial charge on any atom is 0.262 e. The minimum Gasteiger partial charge on any atom is -0.483 e. The summed E-state index contributed by atoms with van der Waals surface area (Å²) in [6.45, 7) is 1.85. The van der Waals surface area contributed by atoms with Crippen molar-refractivity contribution in [1.82, 2.24) is 4.90 Å². The zero-order chi connectivity index (χ0) is 21.0. The molecule has 2 saturated heterocycles. The Labute approximate surface area is 173 Å². The van der Waals surface area contributed by atoms with E-state index in [9.17, 15) is 14.0 Å². The highest BCUT2D eigenvalue weighted by molar-refractivity contribution is 5.97. The summed E-state index contributed by atoms with van der Waals surface area (Å²) >= 11 is 0. The molecule has 0 radical (unpaired) electrons. The van der Waals surface area contributed by atoms with Crippen LogP contribution < -0.4 is 10.1 Å². The van der Waals surface area contributed by atoms with E-state index < -0.39 is 17.5 Å². The number of piperidine rings is 1. The van der Waals surface area contributed by atoms with E-state index in [4.69, 9.17) is 14.2 Å². The van der Waals surface area contributed by atoms with Gasteiger partial charge in [-0.2, -0.15) is 0 Å². The number of nitrogens with one attached hydrogen (secondary N) is 1. The average Bonchev–Trinajstić information content (AvgIpc) is 3.22. The highest BCUT2D eigenvalue weighted by Crippen LogP contribution is 2.32. The van der Waals surface area contributed by atoms with E-state index in [2.05, 4.69) is 5.32 Å². The van der Waals surface area contributed by atoms with Crippen LogP contribution in [0.25, 0.3) is 0 Å². The molecule has 8 heteroatoms. The minimum atomic E-state index is -0.558. The molecule has 7 nitrogen and oxygen atoms in total. The van der Waals surface area contributed by atoms with Gasteiger partial charge in [0.15, 0.2) is 12.4 Å². The van der Waals surface area contributed by atoms with E-state index >= 15 is 0 Å². The number of amides is 2. The van der Waals surface area contributed by atoms with Crippen LogP contribution in [0.2, 0.25) is 0 Å². The Morgan fingerprint density at radius 1 is 1.03 bits per heavy atom. The molecular formula is C22H23FN2O5. The minimum absolute atomic E-state index is 0.0778. The molecule has 2 aliphatic rings. The van der Waals surface area contributed by atoms with E-state index in [-0.39, 0.29) is 18.2 Å². The lowest BCUT2D eigenvalue weighted by molar-refractivity contribution is -0.181. The van der Waals surface area contributed by atoms with Gasteiger partial charge in [-0.1, -0.05) is 24.3 Å². The monoisotopic (exact) mass is 414 g/mol. The number of nitrogens with zero attached hydrogens (tertiary/aromatic N) is 1. The molecule has 1 N–H and O–H groups in total. The summed E-state index contributed by atoms with van der Waals surface area (Å²) in [5.41, 5.74) is 0.453. The van der Waals surface area contributed by atoms with Crippen LogP contribution in [0.5, 0.6) is 5.75 Å². The number of hydrogen-bond acceptors (Lipinski definition) is 5. The van der Waals surface area contributed by atoms with Crippen LogP contribution in [0, 0.1) is 5.82 Å². The van der Waals surface area contributed by atoms with Gasteiger partial charge in [0.25, 0.3) is 11.8 Å². The van der Waals surface area contributed by atoms with Crippen LogP contribution in [0.15, 0.2) is 48.5 Å². The highest BCUT2D eigenvalue weighted by atomic mass is 19.1. The first-order valence-electron chi connectivity index (χ1n) is 9.90. The van der Waals surface area contributed by atoms with Crippen LogP contribution in [0.4, 0.5) is 10.1 Å². The number of carbonyl (C=O) groups is 2. The summed E-state index contributed by atoms with van der Waals surface area (Å²) in [7, 11) is 0. The molecule has 2 heterocycles. The molecule has 0 atom stereocenters. The van der Waals surface area contributed by atoms with Crippen LogP contribution >= 0.6 is 0 Å². The standard InChI is InChI=1S/C22H23FN2O5/c23-17-6-2-3-7-18(17)24-20(26)15-28-19-8-4-1-5-16(19)21(27)25-11-9-22(10-12-25)29-13-14-30-22/h1-8H,9-15H2,(H,24,26). The van der Waals surface area contributed by atoms with Crippen molar-refractivity contribution in [2.75, 3.05) is 38.2 Å². The molecule has 2 fully saturated rings. The lowest BCUT2D eigenvalue weighted by Gasteiger charge is -2.37. The molecule has 0 aromatic heterocycles. The zero-order valence-electron chi connectivity index (χ0n) is 16.4. The Hall–Kier alpha value is -2.97. The molecule has 2 aliphatic heterocycles. The Bertz CT molecular complexity index is 919. The van der Waals surface area contributed by atoms with Gasteiger partial charge in [-0.15, -0.1) is 0 Å². The fourth-order valence-corrected chi connectivity index (χ4v) is 3.67. The van der Waals surface area contributed by atoms with Crippen LogP contribution in [0.3, 0.4) is 0 Å². The number of anilines is 1. The first-order chi connectivity index (χ1) is 14.6. The fourth-order valence-electron chi connectivity index (χ4n) is 3.67. The quantitative estimate of drug-likeness (QED) is 0.814. The Kier molecular flexibility index (Phi) is 5.96. The molecule has 2 aromatic rings. The van der Waals surface area contributed by atoms with Crippen molar-refractivity contribution >= 4 is 17.5 Å². The van der Waals surface area contributed by atoms with Crippen molar-refractivity contribution < 1.29 is 28.2 Å². The van der Waals surface area contributed by atoms with Gasteiger partial charge >= 0.3 is 0 Å². The summed E-state index contributed by atoms with van der Waals surface area (Å²) in [5.74, 6) is -1.47. The third-order valence-electron chi connectivity index (χ3n) is 5.25. The van der Waals surface area contributed by atoms with Crippen molar-refractivity contribution in [3.63, 3.8) is 0 Å². The summed E-state index contributed by atoms with van der Waals surface area (Å²) in [5, 5.41) is 2.46. The van der Waals surface area contributed by atoms with Gasteiger partial charge in [0.05, 0.1) is 24.5 Å². The van der Waals surface area contributed by atoms with Crippen molar-refractivity contribution in [3.8, 4) is 5.75 Å². The van der Waals surface area contributed by atoms with E-state index in [1.165, 1.54) is 18.2 Å². The SMILES string of the molecule is O=C(COc1ccccc1C(=O)N1CCC2(CC1)OCCO2)Nc1ccccc1F. The Balaban J connectivity index is 1.37. The number of likely N-dealkylation sites (tertiary alicyclic amines) is 1. The largest absolute Gasteiger partial charge is 0.483 e. The molecular weight excluding hydrogens is 391 g/mol. The van der Waals surface area contributed by atoms with E-state index in [1.54, 1.807) is 35.2 Å². The van der Waals surface area contributed by atoms with Gasteiger partial charge < -0.3 is 24.4 Å². The number of ether oxygens (including phenoxy) is 3. The molecule has 1 spiro atoms. The molecule has 30 heavy (non-hydrogen) atoms. The first kappa shape index (κ1) is 20.3. The van der Waals surface area contributed by atoms with Crippen LogP contribution in [-0.4, -0.2) is 55.4 Å². The van der Waals surface area contributed by atoms with Gasteiger partial charge in [0.1, 0.15) is 11.6 Å². The van der Waals surface area contributed by atoms with Crippen molar-refractivity contribution in [2.45, 2.75) is 18.6 Å². The predicted molar refractivity (Wildman–Crippen MR) is 107 cm³/mol. The van der Waals surface area contributed by atoms with E-state index in [0.29, 0.717) is 50.5 Å². The smallest absolute Gasteiger partial charge is 0.262 e. The maximum absolute atomic E-state index is 13.7. The Morgan fingerprint density at radius 2 is 1.70 bits per heavy atom. The summed E-state index contributed by atoms with van der Waals surface area (Å²) < 4.78 is 30.7. The number of carbonyl (C=O) groups excluding carboxylic acids is 2. The average molecular weight is 414 g/mol. The predicted octanol–water partition coefficient (Wildman–Crippen LogP) is 2.82. The normalized spacial score (nSPS) is 17.7. The lowest BCUT2D eigenvalue weighted by Crippen LogP contribution is -2.47. The van der Waals surface area contributed by atoms with Crippen LogP contribution in [-0.2, 0) is 14.3 Å². The number of para-hydroxylation sites is 2. The van der Waals surface area contributed by atoms with Gasteiger partial charge in [-0.25, -0.2) is 4.39 Å². The highest BCUT2D eigenvalue weighted by Gasteiger charge is 2.41. The van der Waals surface area contributed by atoms with Crippen molar-refractivity contribution in [3.05, 3.63) is 59.9 Å².